The molecule has 0 saturated carbocycles. The number of rotatable bonds is 2. The van der Waals surface area contributed by atoms with Gasteiger partial charge in [-0.05, 0) is 43.7 Å². The van der Waals surface area contributed by atoms with E-state index in [1.54, 1.807) is 0 Å². The Morgan fingerprint density at radius 2 is 2.06 bits per heavy atom. The van der Waals surface area contributed by atoms with Crippen molar-refractivity contribution in [3.63, 3.8) is 0 Å². The predicted octanol–water partition coefficient (Wildman–Crippen LogP) is 3.12. The summed E-state index contributed by atoms with van der Waals surface area (Å²) >= 11 is 0. The zero-order valence-electron chi connectivity index (χ0n) is 11.8. The molecule has 0 bridgehead atoms. The lowest BCUT2D eigenvalue weighted by Crippen LogP contribution is -2.25. The summed E-state index contributed by atoms with van der Waals surface area (Å²) in [6, 6.07) is 4.22. The van der Waals surface area contributed by atoms with Crippen LogP contribution in [0.5, 0.6) is 0 Å². The lowest BCUT2D eigenvalue weighted by atomic mass is 9.85. The van der Waals surface area contributed by atoms with Crippen LogP contribution in [0.4, 0.5) is 5.69 Å². The van der Waals surface area contributed by atoms with Gasteiger partial charge in [-0.15, -0.1) is 0 Å². The van der Waals surface area contributed by atoms with Crippen LogP contribution in [0.3, 0.4) is 0 Å². The normalized spacial score (nSPS) is 21.4. The van der Waals surface area contributed by atoms with Gasteiger partial charge >= 0.3 is 0 Å². The smallest absolute Gasteiger partial charge is 0.0569 e. The molecule has 3 nitrogen and oxygen atoms in total. The fourth-order valence-corrected chi connectivity index (χ4v) is 2.54. The van der Waals surface area contributed by atoms with Gasteiger partial charge in [0.1, 0.15) is 0 Å². The van der Waals surface area contributed by atoms with E-state index in [-0.39, 0.29) is 6.04 Å². The zero-order chi connectivity index (χ0) is 13.2. The Bertz CT molecular complexity index is 381. The second-order valence-electron chi connectivity index (χ2n) is 6.23. The van der Waals surface area contributed by atoms with Gasteiger partial charge in [0, 0.05) is 19.1 Å². The maximum Gasteiger partial charge on any atom is 0.0569 e. The van der Waals surface area contributed by atoms with Crippen LogP contribution in [0.25, 0.3) is 0 Å². The first-order valence-electron chi connectivity index (χ1n) is 6.94. The average molecular weight is 247 g/mol. The molecule has 2 N–H and O–H groups in total. The minimum atomic E-state index is 0.0158. The summed E-state index contributed by atoms with van der Waals surface area (Å²) in [4.78, 5) is 6.90. The maximum atomic E-state index is 5.83. The van der Waals surface area contributed by atoms with Gasteiger partial charge in [0.2, 0.25) is 0 Å². The molecule has 2 heterocycles. The average Bonchev–Trinajstić information content (AvgIpc) is 2.50. The second-order valence-corrected chi connectivity index (χ2v) is 6.23. The molecular formula is C15H25N3. The highest BCUT2D eigenvalue weighted by atomic mass is 15.1. The molecule has 100 valence electrons. The third-order valence-electron chi connectivity index (χ3n) is 3.94. The molecule has 1 fully saturated rings. The summed E-state index contributed by atoms with van der Waals surface area (Å²) in [5.41, 5.74) is 8.51. The second kappa shape index (κ2) is 5.27. The molecule has 3 heteroatoms. The molecule has 0 amide bonds. The number of hydrogen-bond donors (Lipinski definition) is 1. The van der Waals surface area contributed by atoms with Crippen molar-refractivity contribution in [3.05, 3.63) is 24.0 Å². The van der Waals surface area contributed by atoms with Crippen LogP contribution in [0.1, 0.15) is 51.8 Å². The van der Waals surface area contributed by atoms with Crippen LogP contribution in [0.15, 0.2) is 18.3 Å². The minimum absolute atomic E-state index is 0.0158. The van der Waals surface area contributed by atoms with Gasteiger partial charge in [0.05, 0.1) is 17.6 Å². The van der Waals surface area contributed by atoms with Crippen molar-refractivity contribution in [1.82, 2.24) is 4.98 Å². The van der Waals surface area contributed by atoms with Gasteiger partial charge in [-0.2, -0.15) is 0 Å². The fraction of sp³-hybridized carbons (Fsp3) is 0.667. The Hall–Kier alpha value is -1.09. The summed E-state index contributed by atoms with van der Waals surface area (Å²) in [6.45, 7) is 8.98. The SMILES string of the molecule is CC(N)c1ccc(N2CCCC(C)(C)CC2)cn1. The highest BCUT2D eigenvalue weighted by Crippen LogP contribution is 2.31. The van der Waals surface area contributed by atoms with Crippen LogP contribution in [0, 0.1) is 5.41 Å². The largest absolute Gasteiger partial charge is 0.370 e. The summed E-state index contributed by atoms with van der Waals surface area (Å²) in [5, 5.41) is 0. The van der Waals surface area contributed by atoms with Crippen molar-refractivity contribution in [1.29, 1.82) is 0 Å². The molecule has 1 unspecified atom stereocenters. The Balaban J connectivity index is 2.07. The lowest BCUT2D eigenvalue weighted by molar-refractivity contribution is 0.325. The van der Waals surface area contributed by atoms with Gasteiger partial charge in [-0.3, -0.25) is 4.98 Å². The van der Waals surface area contributed by atoms with Crippen LogP contribution in [-0.2, 0) is 0 Å². The van der Waals surface area contributed by atoms with Gasteiger partial charge < -0.3 is 10.6 Å². The molecule has 0 spiro atoms. The molecule has 1 aromatic rings. The first-order valence-corrected chi connectivity index (χ1v) is 6.94. The number of nitrogens with two attached hydrogens (primary N) is 1. The van der Waals surface area contributed by atoms with E-state index in [1.165, 1.54) is 24.9 Å². The molecule has 1 saturated heterocycles. The summed E-state index contributed by atoms with van der Waals surface area (Å²) in [6.07, 6.45) is 5.80. The molecule has 0 radical (unpaired) electrons. The van der Waals surface area contributed by atoms with Crippen LogP contribution < -0.4 is 10.6 Å². The Morgan fingerprint density at radius 3 is 2.67 bits per heavy atom. The van der Waals surface area contributed by atoms with Crippen LogP contribution in [0.2, 0.25) is 0 Å². The van der Waals surface area contributed by atoms with Crippen molar-refractivity contribution in [3.8, 4) is 0 Å². The van der Waals surface area contributed by atoms with Crippen molar-refractivity contribution >= 4 is 5.69 Å². The number of nitrogens with zero attached hydrogens (tertiary/aromatic N) is 2. The third-order valence-corrected chi connectivity index (χ3v) is 3.94. The summed E-state index contributed by atoms with van der Waals surface area (Å²) in [7, 11) is 0. The minimum Gasteiger partial charge on any atom is -0.370 e. The van der Waals surface area contributed by atoms with Gasteiger partial charge in [-0.25, -0.2) is 0 Å². The number of anilines is 1. The molecule has 18 heavy (non-hydrogen) atoms. The molecular weight excluding hydrogens is 222 g/mol. The molecule has 1 atom stereocenters. The first kappa shape index (κ1) is 13.3. The van der Waals surface area contributed by atoms with Crippen LogP contribution >= 0.6 is 0 Å². The van der Waals surface area contributed by atoms with E-state index in [4.69, 9.17) is 5.73 Å². The Kier molecular flexibility index (Phi) is 3.91. The first-order chi connectivity index (χ1) is 8.48. The summed E-state index contributed by atoms with van der Waals surface area (Å²) in [5.74, 6) is 0. The molecule has 2 rings (SSSR count). The fourth-order valence-electron chi connectivity index (χ4n) is 2.54. The lowest BCUT2D eigenvalue weighted by Gasteiger charge is -2.24. The summed E-state index contributed by atoms with van der Waals surface area (Å²) < 4.78 is 0. The van der Waals surface area contributed by atoms with E-state index in [9.17, 15) is 0 Å². The quantitative estimate of drug-likeness (QED) is 0.873. The zero-order valence-corrected chi connectivity index (χ0v) is 11.8. The van der Waals surface area contributed by atoms with Crippen molar-refractivity contribution < 1.29 is 0 Å². The van der Waals surface area contributed by atoms with E-state index in [0.717, 1.165) is 18.8 Å². The molecule has 0 aromatic carbocycles. The predicted molar refractivity (Wildman–Crippen MR) is 76.7 cm³/mol. The van der Waals surface area contributed by atoms with E-state index < -0.39 is 0 Å². The number of aromatic nitrogens is 1. The van der Waals surface area contributed by atoms with Gasteiger partial charge in [-0.1, -0.05) is 13.8 Å². The van der Waals surface area contributed by atoms with E-state index in [2.05, 4.69) is 35.9 Å². The Labute approximate surface area is 110 Å². The third kappa shape index (κ3) is 3.22. The molecule has 1 aromatic heterocycles. The number of pyridine rings is 1. The number of hydrogen-bond acceptors (Lipinski definition) is 3. The molecule has 0 aliphatic carbocycles. The van der Waals surface area contributed by atoms with Crippen molar-refractivity contribution in [2.75, 3.05) is 18.0 Å². The van der Waals surface area contributed by atoms with Crippen molar-refractivity contribution in [2.45, 2.75) is 46.1 Å². The van der Waals surface area contributed by atoms with Crippen LogP contribution in [-0.4, -0.2) is 18.1 Å². The van der Waals surface area contributed by atoms with Gasteiger partial charge in [0.25, 0.3) is 0 Å². The van der Waals surface area contributed by atoms with Crippen molar-refractivity contribution in [2.24, 2.45) is 11.1 Å². The topological polar surface area (TPSA) is 42.1 Å². The van der Waals surface area contributed by atoms with Gasteiger partial charge in [0.15, 0.2) is 0 Å². The Morgan fingerprint density at radius 1 is 1.28 bits per heavy atom. The molecule has 1 aliphatic rings. The highest BCUT2D eigenvalue weighted by Gasteiger charge is 2.23. The maximum absolute atomic E-state index is 5.83. The highest BCUT2D eigenvalue weighted by molar-refractivity contribution is 5.45. The van der Waals surface area contributed by atoms with E-state index in [0.29, 0.717) is 5.41 Å². The van der Waals surface area contributed by atoms with E-state index >= 15 is 0 Å². The standard InChI is InChI=1S/C15H25N3/c1-12(16)14-6-5-13(11-17-14)18-9-4-7-15(2,3)8-10-18/h5-6,11-12H,4,7-10,16H2,1-3H3. The molecule has 1 aliphatic heterocycles. The van der Waals surface area contributed by atoms with E-state index in [1.807, 2.05) is 13.1 Å². The monoisotopic (exact) mass is 247 g/mol.